The van der Waals surface area contributed by atoms with Crippen molar-refractivity contribution in [3.8, 4) is 0 Å². The van der Waals surface area contributed by atoms with Gasteiger partial charge < -0.3 is 9.64 Å². The monoisotopic (exact) mass is 271 g/mol. The SMILES string of the molecule is Cc1cnn(C2CN(C(=O)OCc3ccccc3)C2)c1. The van der Waals surface area contributed by atoms with E-state index in [0.29, 0.717) is 19.7 Å². The van der Waals surface area contributed by atoms with Crippen molar-refractivity contribution in [2.24, 2.45) is 0 Å². The minimum absolute atomic E-state index is 0.256. The molecule has 1 amide bonds. The van der Waals surface area contributed by atoms with Gasteiger partial charge in [0.1, 0.15) is 6.61 Å². The van der Waals surface area contributed by atoms with Gasteiger partial charge in [0.2, 0.25) is 0 Å². The van der Waals surface area contributed by atoms with E-state index in [0.717, 1.165) is 11.1 Å². The molecule has 0 bridgehead atoms. The average molecular weight is 271 g/mol. The number of ether oxygens (including phenoxy) is 1. The molecule has 1 aromatic heterocycles. The molecular formula is C15H17N3O2. The highest BCUT2D eigenvalue weighted by atomic mass is 16.6. The summed E-state index contributed by atoms with van der Waals surface area (Å²) in [5.41, 5.74) is 2.13. The number of hydrogen-bond acceptors (Lipinski definition) is 3. The molecule has 0 atom stereocenters. The van der Waals surface area contributed by atoms with Crippen LogP contribution < -0.4 is 0 Å². The molecule has 1 saturated heterocycles. The number of benzene rings is 1. The Balaban J connectivity index is 1.46. The molecule has 1 aromatic carbocycles. The van der Waals surface area contributed by atoms with E-state index in [4.69, 9.17) is 4.74 Å². The molecule has 0 spiro atoms. The first-order valence-electron chi connectivity index (χ1n) is 6.69. The zero-order valence-electron chi connectivity index (χ0n) is 11.4. The van der Waals surface area contributed by atoms with Crippen LogP contribution in [0.15, 0.2) is 42.7 Å². The fraction of sp³-hybridized carbons (Fsp3) is 0.333. The van der Waals surface area contributed by atoms with Crippen molar-refractivity contribution in [3.05, 3.63) is 53.9 Å². The Bertz CT molecular complexity index is 588. The lowest BCUT2D eigenvalue weighted by Gasteiger charge is -2.38. The van der Waals surface area contributed by atoms with Gasteiger partial charge in [0.05, 0.1) is 12.2 Å². The first kappa shape index (κ1) is 12.7. The minimum atomic E-state index is -0.256. The number of aryl methyl sites for hydroxylation is 1. The quantitative estimate of drug-likeness (QED) is 0.861. The molecule has 5 heteroatoms. The zero-order chi connectivity index (χ0) is 13.9. The maximum atomic E-state index is 11.9. The van der Waals surface area contributed by atoms with E-state index < -0.39 is 0 Å². The van der Waals surface area contributed by atoms with Gasteiger partial charge in [0, 0.05) is 19.3 Å². The average Bonchev–Trinajstić information content (AvgIpc) is 2.82. The standard InChI is InChI=1S/C15H17N3O2/c1-12-7-16-18(8-12)14-9-17(10-14)15(19)20-11-13-5-3-2-4-6-13/h2-8,14H,9-11H2,1H3. The third-order valence-electron chi connectivity index (χ3n) is 3.43. The van der Waals surface area contributed by atoms with Crippen LogP contribution in [0.4, 0.5) is 4.79 Å². The molecule has 1 aliphatic rings. The lowest BCUT2D eigenvalue weighted by Crippen LogP contribution is -2.51. The largest absolute Gasteiger partial charge is 0.445 e. The first-order chi connectivity index (χ1) is 9.72. The predicted octanol–water partition coefficient (Wildman–Crippen LogP) is 2.39. The fourth-order valence-electron chi connectivity index (χ4n) is 2.22. The fourth-order valence-corrected chi connectivity index (χ4v) is 2.22. The summed E-state index contributed by atoms with van der Waals surface area (Å²) in [5.74, 6) is 0. The van der Waals surface area contributed by atoms with Crippen molar-refractivity contribution in [3.63, 3.8) is 0 Å². The second-order valence-corrected chi connectivity index (χ2v) is 5.10. The van der Waals surface area contributed by atoms with Crippen LogP contribution in [0.2, 0.25) is 0 Å². The van der Waals surface area contributed by atoms with E-state index >= 15 is 0 Å². The summed E-state index contributed by atoms with van der Waals surface area (Å²) in [6, 6.07) is 9.97. The van der Waals surface area contributed by atoms with Crippen LogP contribution in [0.25, 0.3) is 0 Å². The summed E-state index contributed by atoms with van der Waals surface area (Å²) in [6.07, 6.45) is 3.57. The second-order valence-electron chi connectivity index (χ2n) is 5.10. The molecule has 0 saturated carbocycles. The molecule has 2 aromatic rings. The van der Waals surface area contributed by atoms with Crippen molar-refractivity contribution in [1.29, 1.82) is 0 Å². The Morgan fingerprint density at radius 1 is 1.35 bits per heavy atom. The summed E-state index contributed by atoms with van der Waals surface area (Å²) in [4.78, 5) is 13.6. The second kappa shape index (κ2) is 5.36. The van der Waals surface area contributed by atoms with Gasteiger partial charge in [0.25, 0.3) is 0 Å². The molecule has 0 unspecified atom stereocenters. The number of carbonyl (C=O) groups is 1. The summed E-state index contributed by atoms with van der Waals surface area (Å²) >= 11 is 0. The van der Waals surface area contributed by atoms with Gasteiger partial charge >= 0.3 is 6.09 Å². The molecule has 20 heavy (non-hydrogen) atoms. The van der Waals surface area contributed by atoms with Crippen LogP contribution in [-0.4, -0.2) is 33.9 Å². The van der Waals surface area contributed by atoms with E-state index in [1.807, 2.05) is 54.3 Å². The number of amides is 1. The summed E-state index contributed by atoms with van der Waals surface area (Å²) in [6.45, 7) is 3.65. The highest BCUT2D eigenvalue weighted by Crippen LogP contribution is 2.21. The number of likely N-dealkylation sites (tertiary alicyclic amines) is 1. The van der Waals surface area contributed by atoms with Gasteiger partial charge in [-0.05, 0) is 18.1 Å². The van der Waals surface area contributed by atoms with E-state index in [-0.39, 0.29) is 12.1 Å². The molecule has 1 aliphatic heterocycles. The third kappa shape index (κ3) is 2.66. The minimum Gasteiger partial charge on any atom is -0.445 e. The summed E-state index contributed by atoms with van der Waals surface area (Å²) < 4.78 is 7.19. The maximum Gasteiger partial charge on any atom is 0.410 e. The van der Waals surface area contributed by atoms with E-state index in [1.54, 1.807) is 4.90 Å². The van der Waals surface area contributed by atoms with Crippen molar-refractivity contribution in [2.45, 2.75) is 19.6 Å². The van der Waals surface area contributed by atoms with Crippen LogP contribution >= 0.6 is 0 Å². The van der Waals surface area contributed by atoms with Crippen molar-refractivity contribution >= 4 is 6.09 Å². The van der Waals surface area contributed by atoms with Crippen molar-refractivity contribution in [2.75, 3.05) is 13.1 Å². The Labute approximate surface area is 117 Å². The van der Waals surface area contributed by atoms with Crippen LogP contribution in [0.3, 0.4) is 0 Å². The number of hydrogen-bond donors (Lipinski definition) is 0. The summed E-state index contributed by atoms with van der Waals surface area (Å²) in [5, 5.41) is 4.26. The number of nitrogens with zero attached hydrogens (tertiary/aromatic N) is 3. The number of aromatic nitrogens is 2. The maximum absolute atomic E-state index is 11.9. The normalized spacial score (nSPS) is 14.9. The Morgan fingerprint density at radius 3 is 2.75 bits per heavy atom. The molecule has 1 fully saturated rings. The van der Waals surface area contributed by atoms with Crippen LogP contribution in [0.5, 0.6) is 0 Å². The van der Waals surface area contributed by atoms with Gasteiger partial charge in [-0.25, -0.2) is 4.79 Å². The lowest BCUT2D eigenvalue weighted by atomic mass is 10.1. The van der Waals surface area contributed by atoms with Gasteiger partial charge in [-0.1, -0.05) is 30.3 Å². The molecule has 0 N–H and O–H groups in total. The Morgan fingerprint density at radius 2 is 2.10 bits per heavy atom. The molecule has 0 radical (unpaired) electrons. The molecule has 2 heterocycles. The van der Waals surface area contributed by atoms with Crippen LogP contribution in [0.1, 0.15) is 17.2 Å². The molecule has 0 aliphatic carbocycles. The van der Waals surface area contributed by atoms with E-state index in [2.05, 4.69) is 5.10 Å². The van der Waals surface area contributed by atoms with Crippen molar-refractivity contribution in [1.82, 2.24) is 14.7 Å². The Kier molecular flexibility index (Phi) is 3.41. The van der Waals surface area contributed by atoms with Crippen molar-refractivity contribution < 1.29 is 9.53 Å². The van der Waals surface area contributed by atoms with E-state index in [1.165, 1.54) is 0 Å². The molecule has 3 rings (SSSR count). The van der Waals surface area contributed by atoms with E-state index in [9.17, 15) is 4.79 Å². The lowest BCUT2D eigenvalue weighted by molar-refractivity contribution is 0.0496. The Hall–Kier alpha value is -2.30. The predicted molar refractivity (Wildman–Crippen MR) is 74.2 cm³/mol. The number of rotatable bonds is 3. The highest BCUT2D eigenvalue weighted by molar-refractivity contribution is 5.68. The third-order valence-corrected chi connectivity index (χ3v) is 3.43. The van der Waals surface area contributed by atoms with Gasteiger partial charge in [-0.2, -0.15) is 5.10 Å². The van der Waals surface area contributed by atoms with Gasteiger partial charge in [-0.15, -0.1) is 0 Å². The molecule has 104 valence electrons. The highest BCUT2D eigenvalue weighted by Gasteiger charge is 2.33. The van der Waals surface area contributed by atoms with Crippen LogP contribution in [0, 0.1) is 6.92 Å². The van der Waals surface area contributed by atoms with Gasteiger partial charge in [-0.3, -0.25) is 4.68 Å². The molecular weight excluding hydrogens is 254 g/mol. The zero-order valence-corrected chi connectivity index (χ0v) is 11.4. The molecule has 5 nitrogen and oxygen atoms in total. The topological polar surface area (TPSA) is 47.4 Å². The summed E-state index contributed by atoms with van der Waals surface area (Å²) in [7, 11) is 0. The first-order valence-corrected chi connectivity index (χ1v) is 6.69. The van der Waals surface area contributed by atoms with Crippen LogP contribution in [-0.2, 0) is 11.3 Å². The van der Waals surface area contributed by atoms with Gasteiger partial charge in [0.15, 0.2) is 0 Å². The smallest absolute Gasteiger partial charge is 0.410 e. The number of carbonyl (C=O) groups excluding carboxylic acids is 1.